The van der Waals surface area contributed by atoms with Crippen LogP contribution in [0.1, 0.15) is 31.7 Å². The molecule has 0 fully saturated rings. The number of ether oxygens (including phenoxy) is 1. The Bertz CT molecular complexity index is 388. The number of anilines is 1. The monoisotopic (exact) mass is 237 g/mol. The van der Waals surface area contributed by atoms with Crippen molar-refractivity contribution in [2.24, 2.45) is 0 Å². The van der Waals surface area contributed by atoms with Crippen LogP contribution in [-0.4, -0.2) is 24.7 Å². The Hall–Kier alpha value is -1.55. The van der Waals surface area contributed by atoms with Crippen molar-refractivity contribution in [1.29, 1.82) is 0 Å². The SMILES string of the molecule is COc1cc(C(C)C)ccc1NC(=O)CCO. The average Bonchev–Trinajstić information content (AvgIpc) is 2.29. The molecule has 0 heterocycles. The van der Waals surface area contributed by atoms with Gasteiger partial charge in [0.25, 0.3) is 0 Å². The molecule has 0 aliphatic rings. The Balaban J connectivity index is 2.89. The Kier molecular flexibility index (Phi) is 4.97. The zero-order valence-corrected chi connectivity index (χ0v) is 10.5. The molecule has 0 atom stereocenters. The minimum atomic E-state index is -0.219. The fourth-order valence-electron chi connectivity index (χ4n) is 1.48. The number of aliphatic hydroxyl groups excluding tert-OH is 1. The van der Waals surface area contributed by atoms with Gasteiger partial charge in [-0.25, -0.2) is 0 Å². The smallest absolute Gasteiger partial charge is 0.226 e. The van der Waals surface area contributed by atoms with Crippen molar-refractivity contribution in [2.75, 3.05) is 19.0 Å². The van der Waals surface area contributed by atoms with Gasteiger partial charge in [0.2, 0.25) is 5.91 Å². The summed E-state index contributed by atoms with van der Waals surface area (Å²) in [6.07, 6.45) is 0.0923. The van der Waals surface area contributed by atoms with Gasteiger partial charge >= 0.3 is 0 Å². The molecule has 0 spiro atoms. The third kappa shape index (κ3) is 3.75. The first-order valence-electron chi connectivity index (χ1n) is 5.67. The molecule has 17 heavy (non-hydrogen) atoms. The van der Waals surface area contributed by atoms with E-state index in [0.717, 1.165) is 5.56 Å². The van der Waals surface area contributed by atoms with Crippen LogP contribution in [0.15, 0.2) is 18.2 Å². The molecule has 0 saturated heterocycles. The molecular weight excluding hydrogens is 218 g/mol. The Labute approximate surface area is 102 Å². The van der Waals surface area contributed by atoms with Crippen molar-refractivity contribution >= 4 is 11.6 Å². The second kappa shape index (κ2) is 6.25. The van der Waals surface area contributed by atoms with Gasteiger partial charge in [0, 0.05) is 0 Å². The van der Waals surface area contributed by atoms with Gasteiger partial charge in [-0.3, -0.25) is 4.79 Å². The molecular formula is C13H19NO3. The van der Waals surface area contributed by atoms with Gasteiger partial charge in [0.1, 0.15) is 5.75 Å². The van der Waals surface area contributed by atoms with E-state index >= 15 is 0 Å². The zero-order valence-electron chi connectivity index (χ0n) is 10.5. The molecule has 0 radical (unpaired) electrons. The van der Waals surface area contributed by atoms with Gasteiger partial charge in [0.15, 0.2) is 0 Å². The lowest BCUT2D eigenvalue weighted by Crippen LogP contribution is -2.13. The molecule has 0 aliphatic carbocycles. The average molecular weight is 237 g/mol. The summed E-state index contributed by atoms with van der Waals surface area (Å²) in [6.45, 7) is 4.04. The van der Waals surface area contributed by atoms with E-state index in [9.17, 15) is 4.79 Å². The van der Waals surface area contributed by atoms with E-state index in [0.29, 0.717) is 17.4 Å². The molecule has 0 aliphatic heterocycles. The van der Waals surface area contributed by atoms with E-state index in [2.05, 4.69) is 19.2 Å². The molecule has 2 N–H and O–H groups in total. The number of amides is 1. The fraction of sp³-hybridized carbons (Fsp3) is 0.462. The number of aliphatic hydroxyl groups is 1. The summed E-state index contributed by atoms with van der Waals surface area (Å²) in [6, 6.07) is 5.70. The van der Waals surface area contributed by atoms with Crippen LogP contribution >= 0.6 is 0 Å². The molecule has 94 valence electrons. The highest BCUT2D eigenvalue weighted by Gasteiger charge is 2.09. The van der Waals surface area contributed by atoms with Crippen LogP contribution in [0, 0.1) is 0 Å². The fourth-order valence-corrected chi connectivity index (χ4v) is 1.48. The van der Waals surface area contributed by atoms with Crippen molar-refractivity contribution in [3.05, 3.63) is 23.8 Å². The van der Waals surface area contributed by atoms with Gasteiger partial charge in [0.05, 0.1) is 25.8 Å². The number of carbonyl (C=O) groups is 1. The summed E-state index contributed by atoms with van der Waals surface area (Å²) in [7, 11) is 1.57. The largest absolute Gasteiger partial charge is 0.495 e. The van der Waals surface area contributed by atoms with Crippen LogP contribution in [0.4, 0.5) is 5.69 Å². The predicted molar refractivity (Wildman–Crippen MR) is 67.4 cm³/mol. The van der Waals surface area contributed by atoms with Gasteiger partial charge in [-0.15, -0.1) is 0 Å². The number of hydrogen-bond acceptors (Lipinski definition) is 3. The maximum Gasteiger partial charge on any atom is 0.226 e. The highest BCUT2D eigenvalue weighted by molar-refractivity contribution is 5.92. The number of benzene rings is 1. The normalized spacial score (nSPS) is 10.4. The minimum absolute atomic E-state index is 0.0923. The minimum Gasteiger partial charge on any atom is -0.495 e. The van der Waals surface area contributed by atoms with Crippen molar-refractivity contribution < 1.29 is 14.6 Å². The number of rotatable bonds is 5. The molecule has 4 heteroatoms. The molecule has 1 amide bonds. The van der Waals surface area contributed by atoms with Crippen molar-refractivity contribution in [3.8, 4) is 5.75 Å². The molecule has 0 unspecified atom stereocenters. The topological polar surface area (TPSA) is 58.6 Å². The summed E-state index contributed by atoms with van der Waals surface area (Å²) < 4.78 is 5.24. The number of methoxy groups -OCH3 is 1. The molecule has 1 rings (SSSR count). The highest BCUT2D eigenvalue weighted by Crippen LogP contribution is 2.28. The molecule has 4 nitrogen and oxygen atoms in total. The van der Waals surface area contributed by atoms with Gasteiger partial charge in [-0.1, -0.05) is 19.9 Å². The number of nitrogens with one attached hydrogen (secondary N) is 1. The Morgan fingerprint density at radius 3 is 2.71 bits per heavy atom. The Morgan fingerprint density at radius 1 is 1.47 bits per heavy atom. The first-order valence-corrected chi connectivity index (χ1v) is 5.67. The lowest BCUT2D eigenvalue weighted by molar-refractivity contribution is -0.116. The van der Waals surface area contributed by atoms with E-state index in [4.69, 9.17) is 9.84 Å². The van der Waals surface area contributed by atoms with Crippen LogP contribution in [0.2, 0.25) is 0 Å². The van der Waals surface area contributed by atoms with E-state index in [1.54, 1.807) is 7.11 Å². The molecule has 1 aromatic rings. The zero-order chi connectivity index (χ0) is 12.8. The van der Waals surface area contributed by atoms with E-state index in [-0.39, 0.29) is 18.9 Å². The highest BCUT2D eigenvalue weighted by atomic mass is 16.5. The quantitative estimate of drug-likeness (QED) is 0.824. The van der Waals surface area contributed by atoms with Gasteiger partial charge < -0.3 is 15.2 Å². The first-order chi connectivity index (χ1) is 8.08. The lowest BCUT2D eigenvalue weighted by atomic mass is 10.0. The lowest BCUT2D eigenvalue weighted by Gasteiger charge is -2.13. The first kappa shape index (κ1) is 13.5. The number of carbonyl (C=O) groups excluding carboxylic acids is 1. The summed E-state index contributed by atoms with van der Waals surface area (Å²) in [5.74, 6) is 0.830. The van der Waals surface area contributed by atoms with E-state index < -0.39 is 0 Å². The van der Waals surface area contributed by atoms with Crippen molar-refractivity contribution in [1.82, 2.24) is 0 Å². The standard InChI is InChI=1S/C13H19NO3/c1-9(2)10-4-5-11(12(8-10)17-3)14-13(16)6-7-15/h4-5,8-9,15H,6-7H2,1-3H3,(H,14,16). The van der Waals surface area contributed by atoms with Gasteiger partial charge in [-0.05, 0) is 23.6 Å². The van der Waals surface area contributed by atoms with Crippen LogP contribution in [0.3, 0.4) is 0 Å². The molecule has 0 saturated carbocycles. The van der Waals surface area contributed by atoms with Crippen LogP contribution < -0.4 is 10.1 Å². The summed E-state index contributed by atoms with van der Waals surface area (Å²) in [5.41, 5.74) is 1.79. The summed E-state index contributed by atoms with van der Waals surface area (Å²) in [5, 5.41) is 11.4. The summed E-state index contributed by atoms with van der Waals surface area (Å²) >= 11 is 0. The number of hydrogen-bond donors (Lipinski definition) is 2. The maximum atomic E-state index is 11.4. The van der Waals surface area contributed by atoms with Crippen molar-refractivity contribution in [3.63, 3.8) is 0 Å². The van der Waals surface area contributed by atoms with Crippen LogP contribution in [0.25, 0.3) is 0 Å². The van der Waals surface area contributed by atoms with E-state index in [1.807, 2.05) is 18.2 Å². The van der Waals surface area contributed by atoms with Crippen molar-refractivity contribution in [2.45, 2.75) is 26.2 Å². The molecule has 0 aromatic heterocycles. The van der Waals surface area contributed by atoms with Crippen LogP contribution in [-0.2, 0) is 4.79 Å². The second-order valence-electron chi connectivity index (χ2n) is 4.14. The third-order valence-corrected chi connectivity index (χ3v) is 2.51. The maximum absolute atomic E-state index is 11.4. The molecule has 0 bridgehead atoms. The third-order valence-electron chi connectivity index (χ3n) is 2.51. The summed E-state index contributed by atoms with van der Waals surface area (Å²) in [4.78, 5) is 11.4. The Morgan fingerprint density at radius 2 is 2.18 bits per heavy atom. The predicted octanol–water partition coefficient (Wildman–Crippen LogP) is 2.14. The second-order valence-corrected chi connectivity index (χ2v) is 4.14. The molecule has 1 aromatic carbocycles. The van der Waals surface area contributed by atoms with E-state index in [1.165, 1.54) is 0 Å². The van der Waals surface area contributed by atoms with Crippen LogP contribution in [0.5, 0.6) is 5.75 Å². The van der Waals surface area contributed by atoms with Gasteiger partial charge in [-0.2, -0.15) is 0 Å².